The van der Waals surface area contributed by atoms with Crippen LogP contribution in [0.15, 0.2) is 73.3 Å². The van der Waals surface area contributed by atoms with E-state index in [0.717, 1.165) is 19.6 Å². The number of carboxylic acid groups (broad SMARTS) is 1. The number of pyridine rings is 2. The molecule has 0 aliphatic carbocycles. The molecule has 2 amide bonds. The minimum atomic E-state index is -1.30. The van der Waals surface area contributed by atoms with Crippen LogP contribution in [-0.4, -0.2) is 193 Å². The molecule has 8 N–H and O–H groups in total. The van der Waals surface area contributed by atoms with Crippen LogP contribution in [-0.2, 0) is 53.0 Å². The Bertz CT molecular complexity index is 3860. The highest BCUT2D eigenvalue weighted by molar-refractivity contribution is 6.35. The van der Waals surface area contributed by atoms with Gasteiger partial charge in [0.05, 0.1) is 137 Å². The van der Waals surface area contributed by atoms with Crippen molar-refractivity contribution in [3.05, 3.63) is 124 Å². The third-order valence-corrected chi connectivity index (χ3v) is 14.9. The van der Waals surface area contributed by atoms with Crippen molar-refractivity contribution in [1.29, 1.82) is 5.26 Å². The summed E-state index contributed by atoms with van der Waals surface area (Å²) in [5.41, 5.74) is 10.0. The fourth-order valence-electron chi connectivity index (χ4n) is 9.51. The molecule has 92 heavy (non-hydrogen) atoms. The molecule has 32 heteroatoms. The number of hydrogen-bond acceptors (Lipinski definition) is 25. The molecule has 1 aliphatic heterocycles. The number of rotatable bonds is 34. The fraction of sp³-hybridized carbons (Fsp3) is 0.400. The Morgan fingerprint density at radius 3 is 2.24 bits per heavy atom. The van der Waals surface area contributed by atoms with Crippen molar-refractivity contribution in [2.45, 2.75) is 58.5 Å². The Morgan fingerprint density at radius 2 is 1.51 bits per heavy atom. The van der Waals surface area contributed by atoms with Gasteiger partial charge < -0.3 is 65.8 Å². The summed E-state index contributed by atoms with van der Waals surface area (Å²) in [5, 5.41) is 49.2. The van der Waals surface area contributed by atoms with Gasteiger partial charge in [-0.15, -0.1) is 5.10 Å². The van der Waals surface area contributed by atoms with E-state index in [1.54, 1.807) is 30.7 Å². The lowest BCUT2D eigenvalue weighted by molar-refractivity contribution is -0.139. The van der Waals surface area contributed by atoms with Crippen LogP contribution < -0.4 is 31.9 Å². The van der Waals surface area contributed by atoms with Crippen LogP contribution in [0.5, 0.6) is 5.88 Å². The molecule has 29 nitrogen and oxygen atoms in total. The van der Waals surface area contributed by atoms with Gasteiger partial charge in [-0.1, -0.05) is 16.8 Å². The van der Waals surface area contributed by atoms with Crippen LogP contribution in [0.25, 0.3) is 33.5 Å². The summed E-state index contributed by atoms with van der Waals surface area (Å²) in [6, 6.07) is 11.8. The van der Waals surface area contributed by atoms with Gasteiger partial charge in [-0.2, -0.15) is 15.2 Å². The number of carbonyl (C=O) groups excluding carboxylic acids is 2. The van der Waals surface area contributed by atoms with E-state index < -0.39 is 41.5 Å². The van der Waals surface area contributed by atoms with Crippen LogP contribution in [0.3, 0.4) is 0 Å². The largest absolute Gasteiger partial charge is 0.492 e. The monoisotopic (exact) mass is 1290 g/mol. The first-order valence-corrected chi connectivity index (χ1v) is 29.8. The predicted molar refractivity (Wildman–Crippen MR) is 331 cm³/mol. The van der Waals surface area contributed by atoms with Crippen molar-refractivity contribution in [3.63, 3.8) is 0 Å². The molecule has 0 saturated carbocycles. The molecular formula is C60H68ClF2N19O10. The van der Waals surface area contributed by atoms with Gasteiger partial charge in [0, 0.05) is 86.5 Å². The number of ether oxygens (including phenoxy) is 5. The number of anilines is 4. The maximum Gasteiger partial charge on any atom is 0.326 e. The smallest absolute Gasteiger partial charge is 0.326 e. The van der Waals surface area contributed by atoms with E-state index >= 15 is 4.39 Å². The molecule has 0 radical (unpaired) electrons. The van der Waals surface area contributed by atoms with E-state index in [9.17, 15) is 34.2 Å². The molecule has 2 atom stereocenters. The summed E-state index contributed by atoms with van der Waals surface area (Å²) in [7, 11) is 0. The maximum absolute atomic E-state index is 15.6. The van der Waals surface area contributed by atoms with Gasteiger partial charge in [0.25, 0.3) is 5.91 Å². The van der Waals surface area contributed by atoms with Gasteiger partial charge in [-0.05, 0) is 62.7 Å². The van der Waals surface area contributed by atoms with Gasteiger partial charge in [-0.25, -0.2) is 48.2 Å². The van der Waals surface area contributed by atoms with Crippen LogP contribution >= 0.6 is 11.6 Å². The lowest BCUT2D eigenvalue weighted by Crippen LogP contribution is -2.47. The first kappa shape index (κ1) is 66.9. The molecule has 8 aromatic rings. The number of benzene rings is 2. The number of nitrogens with one attached hydrogen (secondary N) is 4. The number of aromatic nitrogens is 11. The van der Waals surface area contributed by atoms with Crippen molar-refractivity contribution < 1.29 is 57.1 Å². The first-order valence-electron chi connectivity index (χ1n) is 29.4. The Kier molecular flexibility index (Phi) is 24.0. The zero-order chi connectivity index (χ0) is 64.9. The van der Waals surface area contributed by atoms with Crippen molar-refractivity contribution in [3.8, 4) is 23.2 Å². The highest BCUT2D eigenvalue weighted by atomic mass is 35.5. The topological polar surface area (TPSA) is 376 Å². The number of amides is 2. The Labute approximate surface area is 531 Å². The number of nitrogens with zero attached hydrogens (tertiary/aromatic N) is 14. The number of piperazine rings is 1. The summed E-state index contributed by atoms with van der Waals surface area (Å²) < 4.78 is 60.4. The van der Waals surface area contributed by atoms with Crippen molar-refractivity contribution >= 4 is 74.9 Å². The zero-order valence-electron chi connectivity index (χ0n) is 50.4. The van der Waals surface area contributed by atoms with E-state index in [-0.39, 0.29) is 102 Å². The highest BCUT2D eigenvalue weighted by Gasteiger charge is 2.25. The Morgan fingerprint density at radius 1 is 0.804 bits per heavy atom. The number of nitriles is 1. The van der Waals surface area contributed by atoms with Gasteiger partial charge in [0.1, 0.15) is 28.8 Å². The first-order chi connectivity index (χ1) is 44.6. The molecule has 0 bridgehead atoms. The van der Waals surface area contributed by atoms with E-state index in [1.807, 2.05) is 12.3 Å². The molecule has 2 aromatic carbocycles. The number of aliphatic carboxylic acids is 1. The number of carbonyl (C=O) groups is 3. The number of nitrogens with two attached hydrogens (primary N) is 1. The van der Waals surface area contributed by atoms with E-state index in [1.165, 1.54) is 55.0 Å². The molecule has 484 valence electrons. The molecule has 1 aliphatic rings. The number of halogens is 3. The van der Waals surface area contributed by atoms with E-state index in [0.29, 0.717) is 111 Å². The number of hydrogen-bond donors (Lipinski definition) is 7. The minimum absolute atomic E-state index is 0.00150. The average Bonchev–Trinajstić information content (AvgIpc) is 0.800. The Hall–Kier alpha value is -9.55. The standard InChI is InChI=1S/C60H68ClF2N19O10/c1-36(44-27-38(29-64)3-8-45(44)62)72-53-50(61)37(2)71-48-28-46(63)51(75-52(48)53)40-30-69-60(70-31-40)81-14-12-80(13-15-81)16-19-89-20-17-82-34-43(78-79-82)35-92-26-25-91-24-23-90-22-21-88-18-11-66-49(83)10-9-47(58(86)87)74-56(84)39-4-6-41(7-5-39)67-32-42-33-68-55-54(73-42)57(85)77-59(65)76-55/h3-8,27-28,30-31,33-34,36,47,67H,9-26,32,35H2,1-2H3,(H,66,83)(H,71,72)(H,74,84)(H,86,87)(H3,65,68,76,77,85)/t36-,47+/m1/s1. The SMILES string of the molecule is Cc1nc2cc(F)c(-c3cnc(N4CCN(CCOCCn5cc(COCCOCCOCCOCCNC(=O)CC[C@H](NC(=O)c6ccc(NCc7cnc8nc(N)nc(O)c8n7)cc6)C(=O)O)nn5)CC4)nc3)nc2c(N[C@H](C)c2cc(C#N)ccc2F)c1Cl. The Balaban J connectivity index is 0.561. The van der Waals surface area contributed by atoms with Crippen LogP contribution in [0, 0.1) is 29.9 Å². The molecule has 9 rings (SSSR count). The second-order valence-electron chi connectivity index (χ2n) is 21.0. The molecule has 1 fully saturated rings. The third kappa shape index (κ3) is 18.8. The normalized spacial score (nSPS) is 13.2. The second-order valence-corrected chi connectivity index (χ2v) is 21.4. The summed E-state index contributed by atoms with van der Waals surface area (Å²) in [5.74, 6) is -3.42. The van der Waals surface area contributed by atoms with Crippen LogP contribution in [0.2, 0.25) is 5.02 Å². The number of fused-ring (bicyclic) bond motifs is 2. The van der Waals surface area contributed by atoms with Gasteiger partial charge in [-0.3, -0.25) is 14.5 Å². The predicted octanol–water partition coefficient (Wildman–Crippen LogP) is 4.78. The van der Waals surface area contributed by atoms with Crippen molar-refractivity contribution in [1.82, 2.24) is 70.4 Å². The number of aryl methyl sites for hydroxylation is 1. The van der Waals surface area contributed by atoms with Gasteiger partial charge >= 0.3 is 5.97 Å². The average molecular weight is 1290 g/mol. The third-order valence-electron chi connectivity index (χ3n) is 14.4. The lowest BCUT2D eigenvalue weighted by atomic mass is 10.0. The lowest BCUT2D eigenvalue weighted by Gasteiger charge is -2.34. The molecule has 0 spiro atoms. The number of aromatic hydroxyl groups is 1. The van der Waals surface area contributed by atoms with Gasteiger partial charge in [0.2, 0.25) is 23.7 Å². The van der Waals surface area contributed by atoms with Crippen molar-refractivity contribution in [2.24, 2.45) is 0 Å². The fourth-order valence-corrected chi connectivity index (χ4v) is 9.69. The summed E-state index contributed by atoms with van der Waals surface area (Å²) in [4.78, 5) is 75.8. The molecule has 1 saturated heterocycles. The van der Waals surface area contributed by atoms with Crippen LogP contribution in [0.4, 0.5) is 32.1 Å². The van der Waals surface area contributed by atoms with Crippen molar-refractivity contribution in [2.75, 3.05) is 120 Å². The van der Waals surface area contributed by atoms with Gasteiger partial charge in [0.15, 0.2) is 17.0 Å². The zero-order valence-corrected chi connectivity index (χ0v) is 51.1. The second kappa shape index (κ2) is 33.0. The number of carboxylic acids is 1. The molecular weight excluding hydrogens is 1220 g/mol. The van der Waals surface area contributed by atoms with Crippen LogP contribution in [0.1, 0.15) is 64.4 Å². The molecule has 0 unspecified atom stereocenters. The minimum Gasteiger partial charge on any atom is -0.492 e. The molecule has 6 aromatic heterocycles. The summed E-state index contributed by atoms with van der Waals surface area (Å²) in [6.07, 6.45) is 6.08. The molecule has 7 heterocycles. The number of nitrogen functional groups attached to an aromatic ring is 1. The highest BCUT2D eigenvalue weighted by Crippen LogP contribution is 2.37. The summed E-state index contributed by atoms with van der Waals surface area (Å²) in [6.45, 7) is 11.5. The summed E-state index contributed by atoms with van der Waals surface area (Å²) >= 11 is 6.72. The van der Waals surface area contributed by atoms with E-state index in [4.69, 9.17) is 41.0 Å². The van der Waals surface area contributed by atoms with E-state index in [2.05, 4.69) is 81.3 Å². The quantitative estimate of drug-likeness (QED) is 0.0267. The maximum atomic E-state index is 15.6.